The molecule has 0 unspecified atom stereocenters. The van der Waals surface area contributed by atoms with Crippen LogP contribution in [0.25, 0.3) is 11.0 Å². The summed E-state index contributed by atoms with van der Waals surface area (Å²) in [6.07, 6.45) is 0.942. The zero-order chi connectivity index (χ0) is 26.6. The fourth-order valence-corrected chi connectivity index (χ4v) is 4.30. The lowest BCUT2D eigenvalue weighted by Gasteiger charge is -2.08. The van der Waals surface area contributed by atoms with Gasteiger partial charge in [-0.25, -0.2) is 10.1 Å². The number of rotatable bonds is 8. The molecule has 38 heavy (non-hydrogen) atoms. The van der Waals surface area contributed by atoms with Gasteiger partial charge in [0.2, 0.25) is 11.6 Å². The maximum Gasteiger partial charge on any atom is 0.258 e. The second-order valence-corrected chi connectivity index (χ2v) is 9.37. The van der Waals surface area contributed by atoms with Crippen molar-refractivity contribution in [2.75, 3.05) is 11.9 Å². The van der Waals surface area contributed by atoms with E-state index in [9.17, 15) is 4.79 Å². The van der Waals surface area contributed by atoms with Crippen LogP contribution in [0.15, 0.2) is 65.7 Å². The number of tetrazole rings is 1. The topological polar surface area (TPSA) is 115 Å². The molecule has 2 heterocycles. The number of amides is 1. The molecule has 5 aromatic rings. The number of fused-ring (bicyclic) bond motifs is 1. The van der Waals surface area contributed by atoms with Crippen molar-refractivity contribution in [3.8, 4) is 5.75 Å². The Kier molecular flexibility index (Phi) is 7.43. The third kappa shape index (κ3) is 5.41. The Morgan fingerprint density at radius 1 is 1.05 bits per heavy atom. The van der Waals surface area contributed by atoms with E-state index < -0.39 is 0 Å². The summed E-state index contributed by atoms with van der Waals surface area (Å²) in [5.41, 5.74) is 4.69. The molecule has 10 nitrogen and oxygen atoms in total. The third-order valence-electron chi connectivity index (χ3n) is 5.88. The van der Waals surface area contributed by atoms with E-state index in [1.807, 2.05) is 60.1 Å². The van der Waals surface area contributed by atoms with Gasteiger partial charge in [0.1, 0.15) is 5.75 Å². The highest BCUT2D eigenvalue weighted by Gasteiger charge is 2.14. The Labute approximate surface area is 227 Å². The Morgan fingerprint density at radius 2 is 1.76 bits per heavy atom. The largest absolute Gasteiger partial charge is 0.494 e. The highest BCUT2D eigenvalue weighted by atomic mass is 35.5. The van der Waals surface area contributed by atoms with Crippen molar-refractivity contribution in [1.82, 2.24) is 29.8 Å². The van der Waals surface area contributed by atoms with Gasteiger partial charge in [-0.05, 0) is 70.9 Å². The minimum atomic E-state index is -0.323. The monoisotopic (exact) mass is 550 g/mol. The molecule has 0 aliphatic carbocycles. The van der Waals surface area contributed by atoms with Gasteiger partial charge in [0.15, 0.2) is 0 Å². The van der Waals surface area contributed by atoms with Gasteiger partial charge in [0.25, 0.3) is 5.91 Å². The number of hydrogen-bond acceptors (Lipinski definition) is 6. The van der Waals surface area contributed by atoms with Gasteiger partial charge in [-0.15, -0.1) is 0 Å². The van der Waals surface area contributed by atoms with E-state index in [0.29, 0.717) is 34.4 Å². The molecule has 0 aliphatic heterocycles. The van der Waals surface area contributed by atoms with Crippen LogP contribution in [-0.2, 0) is 13.6 Å². The molecule has 0 fully saturated rings. The molecule has 2 N–H and O–H groups in total. The van der Waals surface area contributed by atoms with Crippen molar-refractivity contribution in [3.63, 3.8) is 0 Å². The molecule has 0 radical (unpaired) electrons. The van der Waals surface area contributed by atoms with Gasteiger partial charge in [-0.3, -0.25) is 10.1 Å². The van der Waals surface area contributed by atoms with Crippen molar-refractivity contribution in [2.24, 2.45) is 12.0 Å². The molecule has 1 amide bonds. The number of benzene rings is 3. The number of H-pyrrole nitrogens is 1. The van der Waals surface area contributed by atoms with Crippen LogP contribution < -0.4 is 15.7 Å². The number of halogens is 2. The summed E-state index contributed by atoms with van der Waals surface area (Å²) in [5.74, 6) is 0.659. The standard InChI is InChI=1S/C26H24Cl2N8O2/c1-3-12-38-19-10-8-18(9-11-19)29-26-35(2)22-13-20(27)21(28)14-23(22)36(26)15-16-4-6-17(7-5-16)24(37)30-25-31-33-34-32-25/h4-11,13-14H,3,12,15H2,1-2H3,(H2,30,31,32,33,34,37)/b29-26+. The summed E-state index contributed by atoms with van der Waals surface area (Å²) in [4.78, 5) is 17.4. The Bertz CT molecular complexity index is 1640. The Balaban J connectivity index is 1.51. The van der Waals surface area contributed by atoms with E-state index in [2.05, 4.69) is 37.4 Å². The van der Waals surface area contributed by atoms with Crippen molar-refractivity contribution < 1.29 is 9.53 Å². The van der Waals surface area contributed by atoms with Crippen LogP contribution in [-0.4, -0.2) is 42.3 Å². The predicted molar refractivity (Wildman–Crippen MR) is 146 cm³/mol. The van der Waals surface area contributed by atoms with Crippen LogP contribution in [0, 0.1) is 0 Å². The highest BCUT2D eigenvalue weighted by molar-refractivity contribution is 6.42. The summed E-state index contributed by atoms with van der Waals surface area (Å²) >= 11 is 12.7. The summed E-state index contributed by atoms with van der Waals surface area (Å²) in [6, 6.07) is 18.6. The number of aryl methyl sites for hydroxylation is 1. The smallest absolute Gasteiger partial charge is 0.258 e. The second-order valence-electron chi connectivity index (χ2n) is 8.56. The van der Waals surface area contributed by atoms with Crippen LogP contribution in [0.3, 0.4) is 0 Å². The van der Waals surface area contributed by atoms with E-state index in [1.165, 1.54) is 0 Å². The number of nitrogens with one attached hydrogen (secondary N) is 2. The van der Waals surface area contributed by atoms with Crippen LogP contribution in [0.2, 0.25) is 10.0 Å². The number of hydrogen-bond donors (Lipinski definition) is 2. The van der Waals surface area contributed by atoms with E-state index in [0.717, 1.165) is 34.5 Å². The molecule has 0 saturated heterocycles. The first-order valence-electron chi connectivity index (χ1n) is 11.9. The number of aromatic nitrogens is 6. The zero-order valence-corrected chi connectivity index (χ0v) is 22.2. The molecule has 0 atom stereocenters. The SMILES string of the molecule is CCCOc1ccc(/N=c2\n(C)c3cc(Cl)c(Cl)cc3n2Cc2ccc(C(=O)Nc3nnn[nH]3)cc2)cc1. The summed E-state index contributed by atoms with van der Waals surface area (Å²) in [5, 5.41) is 16.6. The van der Waals surface area contributed by atoms with Crippen molar-refractivity contribution in [3.05, 3.63) is 87.5 Å². The van der Waals surface area contributed by atoms with Gasteiger partial charge < -0.3 is 13.9 Å². The minimum absolute atomic E-state index is 0.178. The lowest BCUT2D eigenvalue weighted by molar-refractivity contribution is 0.102. The summed E-state index contributed by atoms with van der Waals surface area (Å²) < 4.78 is 9.74. The van der Waals surface area contributed by atoms with Gasteiger partial charge >= 0.3 is 0 Å². The highest BCUT2D eigenvalue weighted by Crippen LogP contribution is 2.28. The lowest BCUT2D eigenvalue weighted by Crippen LogP contribution is -2.24. The van der Waals surface area contributed by atoms with Crippen LogP contribution in [0.4, 0.5) is 11.6 Å². The summed E-state index contributed by atoms with van der Waals surface area (Å²) in [6.45, 7) is 3.22. The Hall–Kier alpha value is -4.15. The minimum Gasteiger partial charge on any atom is -0.494 e. The van der Waals surface area contributed by atoms with Gasteiger partial charge in [0, 0.05) is 12.6 Å². The van der Waals surface area contributed by atoms with Crippen molar-refractivity contribution >= 4 is 51.8 Å². The fourth-order valence-electron chi connectivity index (χ4n) is 3.99. The first-order valence-corrected chi connectivity index (χ1v) is 12.6. The number of imidazole rings is 1. The molecular weight excluding hydrogens is 527 g/mol. The van der Waals surface area contributed by atoms with Crippen LogP contribution >= 0.6 is 23.2 Å². The number of carbonyl (C=O) groups is 1. The number of anilines is 1. The molecule has 2 aromatic heterocycles. The van der Waals surface area contributed by atoms with Crippen LogP contribution in [0.5, 0.6) is 5.75 Å². The predicted octanol–water partition coefficient (Wildman–Crippen LogP) is 5.12. The second kappa shape index (κ2) is 11.1. The van der Waals surface area contributed by atoms with Gasteiger partial charge in [0.05, 0.1) is 39.9 Å². The number of nitrogens with zero attached hydrogens (tertiary/aromatic N) is 6. The molecule has 5 rings (SSSR count). The summed E-state index contributed by atoms with van der Waals surface area (Å²) in [7, 11) is 1.94. The van der Waals surface area contributed by atoms with E-state index >= 15 is 0 Å². The fraction of sp³-hybridized carbons (Fsp3) is 0.192. The molecule has 0 spiro atoms. The molecule has 194 valence electrons. The Morgan fingerprint density at radius 3 is 2.42 bits per heavy atom. The third-order valence-corrected chi connectivity index (χ3v) is 6.61. The normalized spacial score (nSPS) is 11.7. The first-order chi connectivity index (χ1) is 18.4. The average Bonchev–Trinajstić information content (AvgIpc) is 3.52. The number of ether oxygens (including phenoxy) is 1. The van der Waals surface area contributed by atoms with E-state index in [1.54, 1.807) is 12.1 Å². The van der Waals surface area contributed by atoms with Crippen molar-refractivity contribution in [2.45, 2.75) is 19.9 Å². The van der Waals surface area contributed by atoms with E-state index in [-0.39, 0.29) is 11.9 Å². The molecule has 12 heteroatoms. The number of aromatic amines is 1. The molecule has 3 aromatic carbocycles. The maximum atomic E-state index is 12.5. The zero-order valence-electron chi connectivity index (χ0n) is 20.7. The number of carbonyl (C=O) groups excluding carboxylic acids is 1. The lowest BCUT2D eigenvalue weighted by atomic mass is 10.1. The van der Waals surface area contributed by atoms with Crippen molar-refractivity contribution in [1.29, 1.82) is 0 Å². The molecule has 0 bridgehead atoms. The van der Waals surface area contributed by atoms with Gasteiger partial charge in [-0.1, -0.05) is 47.4 Å². The maximum absolute atomic E-state index is 12.5. The van der Waals surface area contributed by atoms with Crippen LogP contribution in [0.1, 0.15) is 29.3 Å². The average molecular weight is 551 g/mol. The quantitative estimate of drug-likeness (QED) is 0.278. The van der Waals surface area contributed by atoms with E-state index in [4.69, 9.17) is 32.9 Å². The first kappa shape index (κ1) is 25.5. The molecule has 0 aliphatic rings. The molecular formula is C26H24Cl2N8O2. The molecule has 0 saturated carbocycles. The van der Waals surface area contributed by atoms with Gasteiger partial charge in [-0.2, -0.15) is 0 Å².